The molecule has 31 heavy (non-hydrogen) atoms. The van der Waals surface area contributed by atoms with Gasteiger partial charge in [0.05, 0.1) is 10.6 Å². The van der Waals surface area contributed by atoms with Crippen LogP contribution in [0.2, 0.25) is 0 Å². The Balaban J connectivity index is 1.43. The van der Waals surface area contributed by atoms with Gasteiger partial charge >= 0.3 is 0 Å². The van der Waals surface area contributed by atoms with Gasteiger partial charge in [-0.1, -0.05) is 24.3 Å². The van der Waals surface area contributed by atoms with E-state index in [-0.39, 0.29) is 15.9 Å². The second kappa shape index (κ2) is 8.93. The van der Waals surface area contributed by atoms with Crippen molar-refractivity contribution >= 4 is 67.2 Å². The maximum atomic E-state index is 13.1. The molecule has 1 heterocycles. The first-order valence-corrected chi connectivity index (χ1v) is 12.4. The minimum Gasteiger partial charge on any atom is -0.332 e. The number of amides is 1. The summed E-state index contributed by atoms with van der Waals surface area (Å²) < 4.78 is 28.6. The molecular weight excluding hydrogens is 545 g/mol. The highest BCUT2D eigenvalue weighted by Gasteiger charge is 2.30. The lowest BCUT2D eigenvalue weighted by Crippen LogP contribution is -2.34. The zero-order chi connectivity index (χ0) is 22.0. The standard InChI is InChI=1S/C22H18IN3O3S2/c23-17-6-3-5-16(14-17)21(27)25-22(30)24-18-8-10-19(11-9-18)31(28,29)26-13-12-15-4-1-2-7-20(15)26/h1-11,14H,12-13H2,(H2,24,25,27,30). The van der Waals surface area contributed by atoms with Crippen LogP contribution in [-0.4, -0.2) is 26.0 Å². The van der Waals surface area contributed by atoms with E-state index in [4.69, 9.17) is 12.2 Å². The molecule has 1 aliphatic rings. The average Bonchev–Trinajstić information content (AvgIpc) is 3.19. The first kappa shape index (κ1) is 21.7. The summed E-state index contributed by atoms with van der Waals surface area (Å²) in [4.78, 5) is 12.5. The van der Waals surface area contributed by atoms with Crippen molar-refractivity contribution in [3.8, 4) is 0 Å². The van der Waals surface area contributed by atoms with Crippen LogP contribution in [-0.2, 0) is 16.4 Å². The van der Waals surface area contributed by atoms with Crippen molar-refractivity contribution in [3.63, 3.8) is 0 Å². The Bertz CT molecular complexity index is 1260. The number of nitrogens with one attached hydrogen (secondary N) is 2. The fourth-order valence-electron chi connectivity index (χ4n) is 3.36. The van der Waals surface area contributed by atoms with Crippen molar-refractivity contribution in [1.29, 1.82) is 0 Å². The molecule has 9 heteroatoms. The van der Waals surface area contributed by atoms with Gasteiger partial charge in [0.15, 0.2) is 5.11 Å². The number of carbonyl (C=O) groups excluding carboxylic acids is 1. The second-order valence-electron chi connectivity index (χ2n) is 6.90. The number of hydrogen-bond donors (Lipinski definition) is 2. The number of nitrogens with zero attached hydrogens (tertiary/aromatic N) is 1. The molecule has 3 aromatic carbocycles. The van der Waals surface area contributed by atoms with E-state index in [1.165, 1.54) is 16.4 Å². The molecule has 1 aliphatic heterocycles. The van der Waals surface area contributed by atoms with Crippen LogP contribution in [0.15, 0.2) is 77.7 Å². The molecule has 0 fully saturated rings. The Labute approximate surface area is 199 Å². The van der Waals surface area contributed by atoms with E-state index in [1.807, 2.05) is 30.3 Å². The number of anilines is 2. The van der Waals surface area contributed by atoms with Gasteiger partial charge in [-0.2, -0.15) is 0 Å². The fraction of sp³-hybridized carbons (Fsp3) is 0.0909. The van der Waals surface area contributed by atoms with E-state index in [2.05, 4.69) is 33.2 Å². The van der Waals surface area contributed by atoms with Crippen molar-refractivity contribution in [2.75, 3.05) is 16.2 Å². The number of rotatable bonds is 4. The lowest BCUT2D eigenvalue weighted by Gasteiger charge is -2.19. The predicted molar refractivity (Wildman–Crippen MR) is 134 cm³/mol. The summed E-state index contributed by atoms with van der Waals surface area (Å²) >= 11 is 7.34. The van der Waals surface area contributed by atoms with Gasteiger partial charge in [0.2, 0.25) is 0 Å². The van der Waals surface area contributed by atoms with Crippen molar-refractivity contribution in [3.05, 3.63) is 87.5 Å². The number of carbonyl (C=O) groups is 1. The Morgan fingerprint density at radius 3 is 2.48 bits per heavy atom. The number of para-hydroxylation sites is 1. The number of hydrogen-bond acceptors (Lipinski definition) is 4. The first-order chi connectivity index (χ1) is 14.8. The highest BCUT2D eigenvalue weighted by Crippen LogP contribution is 2.32. The van der Waals surface area contributed by atoms with Crippen LogP contribution in [0.1, 0.15) is 15.9 Å². The average molecular weight is 563 g/mol. The molecule has 1 amide bonds. The first-order valence-electron chi connectivity index (χ1n) is 9.43. The maximum absolute atomic E-state index is 13.1. The summed E-state index contributed by atoms with van der Waals surface area (Å²) in [7, 11) is -3.65. The smallest absolute Gasteiger partial charge is 0.264 e. The lowest BCUT2D eigenvalue weighted by molar-refractivity contribution is 0.0977. The number of benzene rings is 3. The molecular formula is C22H18IN3O3S2. The monoisotopic (exact) mass is 563 g/mol. The summed E-state index contributed by atoms with van der Waals surface area (Å²) in [6.07, 6.45) is 0.698. The topological polar surface area (TPSA) is 78.5 Å². The van der Waals surface area contributed by atoms with Crippen molar-refractivity contribution < 1.29 is 13.2 Å². The molecule has 158 valence electrons. The molecule has 0 aromatic heterocycles. The molecule has 0 aliphatic carbocycles. The largest absolute Gasteiger partial charge is 0.332 e. The van der Waals surface area contributed by atoms with Gasteiger partial charge in [-0.25, -0.2) is 8.42 Å². The summed E-state index contributed by atoms with van der Waals surface area (Å²) in [6.45, 7) is 0.427. The number of fused-ring (bicyclic) bond motifs is 1. The Morgan fingerprint density at radius 2 is 1.74 bits per heavy atom. The zero-order valence-corrected chi connectivity index (χ0v) is 20.0. The van der Waals surface area contributed by atoms with Gasteiger partial charge in [0.25, 0.3) is 15.9 Å². The molecule has 0 atom stereocenters. The molecule has 0 saturated heterocycles. The van der Waals surface area contributed by atoms with Gasteiger partial charge in [0, 0.05) is 21.4 Å². The highest BCUT2D eigenvalue weighted by molar-refractivity contribution is 14.1. The molecule has 0 radical (unpaired) electrons. The van der Waals surface area contributed by atoms with E-state index < -0.39 is 10.0 Å². The molecule has 0 saturated carbocycles. The van der Waals surface area contributed by atoms with Crippen LogP contribution in [0.5, 0.6) is 0 Å². The van der Waals surface area contributed by atoms with E-state index in [0.717, 1.165) is 14.8 Å². The minimum atomic E-state index is -3.65. The van der Waals surface area contributed by atoms with Crippen LogP contribution in [0, 0.1) is 3.57 Å². The third-order valence-electron chi connectivity index (χ3n) is 4.86. The van der Waals surface area contributed by atoms with Crippen molar-refractivity contribution in [2.24, 2.45) is 0 Å². The Morgan fingerprint density at radius 1 is 1.00 bits per heavy atom. The minimum absolute atomic E-state index is 0.132. The van der Waals surface area contributed by atoms with E-state index in [9.17, 15) is 13.2 Å². The van der Waals surface area contributed by atoms with Gasteiger partial charge in [-0.15, -0.1) is 0 Å². The van der Waals surface area contributed by atoms with Crippen LogP contribution in [0.25, 0.3) is 0 Å². The normalized spacial score (nSPS) is 12.9. The van der Waals surface area contributed by atoms with E-state index >= 15 is 0 Å². The fourth-order valence-corrected chi connectivity index (χ4v) is 5.62. The molecule has 0 unspecified atom stereocenters. The molecule has 0 bridgehead atoms. The van der Waals surface area contributed by atoms with Crippen LogP contribution in [0.4, 0.5) is 11.4 Å². The zero-order valence-electron chi connectivity index (χ0n) is 16.2. The molecule has 4 rings (SSSR count). The quantitative estimate of drug-likeness (QED) is 0.368. The van der Waals surface area contributed by atoms with E-state index in [1.54, 1.807) is 30.3 Å². The van der Waals surface area contributed by atoms with Crippen LogP contribution < -0.4 is 14.9 Å². The molecule has 2 N–H and O–H groups in total. The maximum Gasteiger partial charge on any atom is 0.264 e. The molecule has 6 nitrogen and oxygen atoms in total. The molecule has 3 aromatic rings. The Hall–Kier alpha value is -2.50. The number of thiocarbonyl (C=S) groups is 1. The number of sulfonamides is 1. The Kier molecular flexibility index (Phi) is 6.26. The molecule has 0 spiro atoms. The lowest BCUT2D eigenvalue weighted by atomic mass is 10.2. The second-order valence-corrected chi connectivity index (χ2v) is 10.4. The summed E-state index contributed by atoms with van der Waals surface area (Å²) in [6, 6.07) is 21.0. The third-order valence-corrected chi connectivity index (χ3v) is 7.56. The predicted octanol–water partition coefficient (Wildman–Crippen LogP) is 4.17. The van der Waals surface area contributed by atoms with Crippen LogP contribution in [0.3, 0.4) is 0 Å². The van der Waals surface area contributed by atoms with Crippen molar-refractivity contribution in [2.45, 2.75) is 11.3 Å². The summed E-state index contributed by atoms with van der Waals surface area (Å²) in [5.41, 5.74) is 2.83. The van der Waals surface area contributed by atoms with Crippen molar-refractivity contribution in [1.82, 2.24) is 5.32 Å². The van der Waals surface area contributed by atoms with E-state index in [0.29, 0.717) is 24.2 Å². The van der Waals surface area contributed by atoms with Gasteiger partial charge in [0.1, 0.15) is 0 Å². The van der Waals surface area contributed by atoms with Gasteiger partial charge < -0.3 is 5.32 Å². The number of halogens is 1. The van der Waals surface area contributed by atoms with Gasteiger partial charge in [-0.3, -0.25) is 14.4 Å². The summed E-state index contributed by atoms with van der Waals surface area (Å²) in [5.74, 6) is -0.317. The third kappa shape index (κ3) is 4.73. The van der Waals surface area contributed by atoms with Gasteiger partial charge in [-0.05, 0) is 95.3 Å². The highest BCUT2D eigenvalue weighted by atomic mass is 127. The van der Waals surface area contributed by atoms with Crippen LogP contribution >= 0.6 is 34.8 Å². The summed E-state index contributed by atoms with van der Waals surface area (Å²) in [5, 5.41) is 5.67. The SMILES string of the molecule is O=C(NC(=S)Nc1ccc(S(=O)(=O)N2CCc3ccccc32)cc1)c1cccc(I)c1.